The number of carbonyl (C=O) groups excluding carboxylic acids is 1. The number of amides is 1. The van der Waals surface area contributed by atoms with Crippen LogP contribution in [-0.2, 0) is 4.74 Å². The first-order chi connectivity index (χ1) is 14.8. The number of H-pyrrole nitrogens is 1. The minimum atomic E-state index is -0.717. The SMILES string of the molecule is COC[C@H](C)CC(=Nc1cc(-c2cc(F)cc(F)c2)[nH]n1)NC(=O)c1cccc(F)c1. The summed E-state index contributed by atoms with van der Waals surface area (Å²) in [4.78, 5) is 16.9. The number of aromatic nitrogens is 2. The summed E-state index contributed by atoms with van der Waals surface area (Å²) in [6.07, 6.45) is 0.353. The summed E-state index contributed by atoms with van der Waals surface area (Å²) in [6, 6.07) is 9.89. The molecule has 0 aliphatic heterocycles. The molecule has 3 rings (SSSR count). The lowest BCUT2D eigenvalue weighted by molar-refractivity contribution is 0.0974. The Hall–Kier alpha value is -3.46. The van der Waals surface area contributed by atoms with Gasteiger partial charge in [-0.25, -0.2) is 18.2 Å². The molecule has 1 amide bonds. The van der Waals surface area contributed by atoms with Crippen molar-refractivity contribution in [3.63, 3.8) is 0 Å². The summed E-state index contributed by atoms with van der Waals surface area (Å²) in [5.41, 5.74) is 0.771. The predicted molar refractivity (Wildman–Crippen MR) is 111 cm³/mol. The van der Waals surface area contributed by atoms with Crippen LogP contribution in [0.15, 0.2) is 53.5 Å². The number of nitrogens with zero attached hydrogens (tertiary/aromatic N) is 2. The van der Waals surface area contributed by atoms with Crippen molar-refractivity contribution >= 4 is 17.6 Å². The van der Waals surface area contributed by atoms with Crippen molar-refractivity contribution in [3.05, 3.63) is 71.5 Å². The molecule has 1 heterocycles. The van der Waals surface area contributed by atoms with E-state index in [0.717, 1.165) is 24.3 Å². The Bertz CT molecular complexity index is 1080. The van der Waals surface area contributed by atoms with Crippen LogP contribution in [0.4, 0.5) is 19.0 Å². The molecule has 31 heavy (non-hydrogen) atoms. The van der Waals surface area contributed by atoms with Crippen LogP contribution < -0.4 is 5.32 Å². The van der Waals surface area contributed by atoms with E-state index in [4.69, 9.17) is 4.74 Å². The maximum Gasteiger partial charge on any atom is 0.256 e. The van der Waals surface area contributed by atoms with Crippen molar-refractivity contribution in [3.8, 4) is 11.3 Å². The molecule has 1 aromatic heterocycles. The normalized spacial score (nSPS) is 12.6. The van der Waals surface area contributed by atoms with E-state index in [1.54, 1.807) is 7.11 Å². The van der Waals surface area contributed by atoms with E-state index in [-0.39, 0.29) is 22.9 Å². The molecular formula is C22H21F3N4O2. The molecule has 0 saturated carbocycles. The highest BCUT2D eigenvalue weighted by molar-refractivity contribution is 6.07. The second kappa shape index (κ2) is 10.0. The van der Waals surface area contributed by atoms with Crippen molar-refractivity contribution < 1.29 is 22.7 Å². The largest absolute Gasteiger partial charge is 0.384 e. The van der Waals surface area contributed by atoms with Gasteiger partial charge in [0.2, 0.25) is 0 Å². The second-order valence-electron chi connectivity index (χ2n) is 7.09. The number of ether oxygens (including phenoxy) is 1. The van der Waals surface area contributed by atoms with E-state index in [2.05, 4.69) is 20.5 Å². The van der Waals surface area contributed by atoms with E-state index < -0.39 is 23.4 Å². The summed E-state index contributed by atoms with van der Waals surface area (Å²) >= 11 is 0. The molecule has 0 saturated heterocycles. The predicted octanol–water partition coefficient (Wildman–Crippen LogP) is 4.63. The molecule has 0 aliphatic carbocycles. The number of carbonyl (C=O) groups is 1. The zero-order valence-electron chi connectivity index (χ0n) is 17.0. The second-order valence-corrected chi connectivity index (χ2v) is 7.09. The summed E-state index contributed by atoms with van der Waals surface area (Å²) in [5, 5.41) is 9.40. The highest BCUT2D eigenvalue weighted by Crippen LogP contribution is 2.23. The van der Waals surface area contributed by atoms with Gasteiger partial charge >= 0.3 is 0 Å². The first-order valence-electron chi connectivity index (χ1n) is 9.49. The standard InChI is InChI=1S/C22H21F3N4O2/c1-13(12-31-2)6-20(27-22(30)14-4-3-5-16(23)7-14)26-21-11-19(28-29-21)15-8-17(24)10-18(25)9-15/h3-5,7-11,13H,6,12H2,1-2H3,(H2,26,27,28,29,30)/t13-/m1/s1. The minimum Gasteiger partial charge on any atom is -0.384 e. The molecule has 0 spiro atoms. The third kappa shape index (κ3) is 6.26. The van der Waals surface area contributed by atoms with Gasteiger partial charge < -0.3 is 10.1 Å². The molecule has 0 aliphatic rings. The lowest BCUT2D eigenvalue weighted by atomic mass is 10.1. The van der Waals surface area contributed by atoms with Crippen LogP contribution in [0.25, 0.3) is 11.3 Å². The van der Waals surface area contributed by atoms with Crippen LogP contribution in [0, 0.1) is 23.4 Å². The van der Waals surface area contributed by atoms with Crippen LogP contribution in [0.5, 0.6) is 0 Å². The van der Waals surface area contributed by atoms with Gasteiger partial charge in [0.05, 0.1) is 5.69 Å². The number of amidine groups is 1. The van der Waals surface area contributed by atoms with Crippen LogP contribution in [0.3, 0.4) is 0 Å². The van der Waals surface area contributed by atoms with E-state index in [9.17, 15) is 18.0 Å². The van der Waals surface area contributed by atoms with Gasteiger partial charge in [0.15, 0.2) is 5.82 Å². The Balaban J connectivity index is 1.86. The summed E-state index contributed by atoms with van der Waals surface area (Å²) < 4.78 is 45.6. The average molecular weight is 430 g/mol. The lowest BCUT2D eigenvalue weighted by Gasteiger charge is -2.13. The number of benzene rings is 2. The highest BCUT2D eigenvalue weighted by atomic mass is 19.1. The fraction of sp³-hybridized carbons (Fsp3) is 0.227. The quantitative estimate of drug-likeness (QED) is 0.424. The maximum atomic E-state index is 13.5. The number of aliphatic imine (C=N–C) groups is 1. The van der Waals surface area contributed by atoms with Crippen molar-refractivity contribution in [1.82, 2.24) is 15.5 Å². The minimum absolute atomic E-state index is 0.0206. The van der Waals surface area contributed by atoms with Gasteiger partial charge in [-0.2, -0.15) is 5.10 Å². The average Bonchev–Trinajstić information content (AvgIpc) is 3.16. The number of rotatable bonds is 7. The number of aromatic amines is 1. The van der Waals surface area contributed by atoms with Gasteiger partial charge in [0.1, 0.15) is 23.3 Å². The lowest BCUT2D eigenvalue weighted by Crippen LogP contribution is -2.32. The fourth-order valence-corrected chi connectivity index (χ4v) is 2.99. The van der Waals surface area contributed by atoms with Gasteiger partial charge in [0.25, 0.3) is 5.91 Å². The van der Waals surface area contributed by atoms with Crippen molar-refractivity contribution in [2.45, 2.75) is 13.3 Å². The molecule has 9 heteroatoms. The number of hydrogen-bond acceptors (Lipinski definition) is 4. The van der Waals surface area contributed by atoms with Gasteiger partial charge in [0, 0.05) is 43.4 Å². The zero-order valence-corrected chi connectivity index (χ0v) is 17.0. The molecule has 2 aromatic carbocycles. The fourth-order valence-electron chi connectivity index (χ4n) is 2.99. The van der Waals surface area contributed by atoms with E-state index >= 15 is 0 Å². The summed E-state index contributed by atoms with van der Waals surface area (Å²) in [5.74, 6) is -1.96. The van der Waals surface area contributed by atoms with E-state index in [1.165, 1.54) is 24.3 Å². The van der Waals surface area contributed by atoms with Gasteiger partial charge in [-0.3, -0.25) is 9.89 Å². The number of methoxy groups -OCH3 is 1. The van der Waals surface area contributed by atoms with Crippen molar-refractivity contribution in [2.75, 3.05) is 13.7 Å². The Morgan fingerprint density at radius 1 is 1.13 bits per heavy atom. The van der Waals surface area contributed by atoms with Gasteiger partial charge in [-0.05, 0) is 36.2 Å². The van der Waals surface area contributed by atoms with E-state index in [1.807, 2.05) is 6.92 Å². The summed E-state index contributed by atoms with van der Waals surface area (Å²) in [6.45, 7) is 2.35. The zero-order chi connectivity index (χ0) is 22.4. The van der Waals surface area contributed by atoms with Crippen LogP contribution in [0.2, 0.25) is 0 Å². The monoisotopic (exact) mass is 430 g/mol. The smallest absolute Gasteiger partial charge is 0.256 e. The molecule has 3 aromatic rings. The molecule has 0 radical (unpaired) electrons. The topological polar surface area (TPSA) is 79.4 Å². The molecule has 162 valence electrons. The number of nitrogens with one attached hydrogen (secondary N) is 2. The Labute approximate surface area is 177 Å². The van der Waals surface area contributed by atoms with Crippen LogP contribution in [0.1, 0.15) is 23.7 Å². The molecule has 6 nitrogen and oxygen atoms in total. The maximum absolute atomic E-state index is 13.5. The molecule has 2 N–H and O–H groups in total. The first-order valence-corrected chi connectivity index (χ1v) is 9.49. The molecular weight excluding hydrogens is 409 g/mol. The molecule has 0 unspecified atom stereocenters. The van der Waals surface area contributed by atoms with Crippen LogP contribution in [-0.4, -0.2) is 35.7 Å². The Morgan fingerprint density at radius 3 is 2.55 bits per heavy atom. The van der Waals surface area contributed by atoms with Crippen molar-refractivity contribution in [1.29, 1.82) is 0 Å². The first kappa shape index (κ1) is 22.2. The number of hydrogen-bond donors (Lipinski definition) is 2. The third-order valence-electron chi connectivity index (χ3n) is 4.33. The Kier molecular flexibility index (Phi) is 7.19. The van der Waals surface area contributed by atoms with Crippen molar-refractivity contribution in [2.24, 2.45) is 10.9 Å². The van der Waals surface area contributed by atoms with E-state index in [0.29, 0.717) is 24.6 Å². The third-order valence-corrected chi connectivity index (χ3v) is 4.33. The van der Waals surface area contributed by atoms with Gasteiger partial charge in [-0.1, -0.05) is 13.0 Å². The number of halogens is 3. The molecule has 1 atom stereocenters. The highest BCUT2D eigenvalue weighted by Gasteiger charge is 2.15. The molecule has 0 bridgehead atoms. The summed E-state index contributed by atoms with van der Waals surface area (Å²) in [7, 11) is 1.57. The Morgan fingerprint density at radius 2 is 1.87 bits per heavy atom. The van der Waals surface area contributed by atoms with Crippen LogP contribution >= 0.6 is 0 Å². The van der Waals surface area contributed by atoms with Gasteiger partial charge in [-0.15, -0.1) is 0 Å². The molecule has 0 fully saturated rings.